The number of fused-ring (bicyclic) bond motifs is 13. The van der Waals surface area contributed by atoms with E-state index in [-0.39, 0.29) is 0 Å². The van der Waals surface area contributed by atoms with Crippen molar-refractivity contribution >= 4 is 98.3 Å². The molecule has 18 rings (SSSR count). The van der Waals surface area contributed by atoms with Gasteiger partial charge in [0.1, 0.15) is 5.52 Å². The number of hydrogen-bond acceptors (Lipinski definition) is 8. The summed E-state index contributed by atoms with van der Waals surface area (Å²) in [6, 6.07) is 73.8. The van der Waals surface area contributed by atoms with Crippen LogP contribution in [0.15, 0.2) is 266 Å². The topological polar surface area (TPSA) is 123 Å². The molecule has 8 aromatic carbocycles. The van der Waals surface area contributed by atoms with Crippen molar-refractivity contribution in [3.05, 3.63) is 262 Å². The van der Waals surface area contributed by atoms with Crippen molar-refractivity contribution in [1.29, 1.82) is 0 Å². The lowest BCUT2D eigenvalue weighted by atomic mass is 9.95. The first-order valence-corrected chi connectivity index (χ1v) is 28.2. The number of para-hydroxylation sites is 6. The minimum Gasteiger partial charge on any atom is -0.436 e. The molecule has 0 atom stereocenters. The van der Waals surface area contributed by atoms with Gasteiger partial charge >= 0.3 is 0 Å². The molecule has 0 aliphatic heterocycles. The molecule has 0 radical (unpaired) electrons. The summed E-state index contributed by atoms with van der Waals surface area (Å²) in [4.78, 5) is 36.7. The number of aromatic nitrogens is 11. The van der Waals surface area contributed by atoms with Gasteiger partial charge < -0.3 is 22.7 Å². The number of rotatable bonds is 8. The molecule has 0 saturated heterocycles. The Morgan fingerprint density at radius 1 is 0.282 bits per heavy atom. The standard InChI is InChI=1S/C73H43N11O/c1-3-17-44(18-4-1)55-39-56(45-19-5-2-6-20-45)79-72(78-55)66-67(73-80-54-25-11-16-30-65(54)85-73)69(82-58-27-13-8-22-47(58)51-41-75-36-32-62(51)82)71(84-60-29-15-10-24-49(60)53-43-77-38-34-64(53)84)70(83-59-28-14-9-23-48(59)52-42-76-37-33-63(52)83)68(66)81-57-26-12-7-21-46(57)50-40-74-35-31-61(50)81/h1-43H. The van der Waals surface area contributed by atoms with Crippen molar-refractivity contribution in [3.63, 3.8) is 0 Å². The van der Waals surface area contributed by atoms with Crippen LogP contribution in [0.25, 0.3) is 166 Å². The van der Waals surface area contributed by atoms with Crippen LogP contribution in [0, 0.1) is 0 Å². The highest BCUT2D eigenvalue weighted by molar-refractivity contribution is 6.18. The van der Waals surface area contributed by atoms with Gasteiger partial charge in [0, 0.05) is 104 Å². The zero-order valence-corrected chi connectivity index (χ0v) is 45.2. The quantitative estimate of drug-likeness (QED) is 0.147. The molecule has 0 unspecified atom stereocenters. The van der Waals surface area contributed by atoms with Crippen molar-refractivity contribution < 1.29 is 4.42 Å². The van der Waals surface area contributed by atoms with E-state index in [1.54, 1.807) is 0 Å². The Balaban J connectivity index is 1.22. The summed E-state index contributed by atoms with van der Waals surface area (Å²) in [6.07, 6.45) is 15.5. The highest BCUT2D eigenvalue weighted by atomic mass is 16.3. The Kier molecular flexibility index (Phi) is 10.1. The first-order valence-electron chi connectivity index (χ1n) is 28.2. The molecule has 18 aromatic rings. The summed E-state index contributed by atoms with van der Waals surface area (Å²) in [5.41, 5.74) is 16.6. The minimum absolute atomic E-state index is 0.367. The average molecular weight is 1090 g/mol. The highest BCUT2D eigenvalue weighted by Gasteiger charge is 2.38. The molecular weight excluding hydrogens is 1050 g/mol. The van der Waals surface area contributed by atoms with Crippen molar-refractivity contribution in [1.82, 2.24) is 53.2 Å². The van der Waals surface area contributed by atoms with Gasteiger partial charge in [-0.2, -0.15) is 0 Å². The number of nitrogens with zero attached hydrogens (tertiary/aromatic N) is 11. The van der Waals surface area contributed by atoms with Crippen LogP contribution in [0.5, 0.6) is 0 Å². The molecule has 10 heterocycles. The Morgan fingerprint density at radius 3 is 1.04 bits per heavy atom. The third-order valence-electron chi connectivity index (χ3n) is 16.8. The maximum atomic E-state index is 7.43. The fourth-order valence-electron chi connectivity index (χ4n) is 13.3. The van der Waals surface area contributed by atoms with Crippen LogP contribution in [-0.4, -0.2) is 53.2 Å². The van der Waals surface area contributed by atoms with E-state index in [2.05, 4.69) is 194 Å². The van der Waals surface area contributed by atoms with E-state index >= 15 is 0 Å². The van der Waals surface area contributed by atoms with Gasteiger partial charge in [-0.25, -0.2) is 15.0 Å². The van der Waals surface area contributed by atoms with E-state index in [4.69, 9.17) is 39.3 Å². The molecule has 12 heteroatoms. The summed E-state index contributed by atoms with van der Waals surface area (Å²) in [5.74, 6) is 0.810. The lowest BCUT2D eigenvalue weighted by molar-refractivity contribution is 0.619. The molecule has 396 valence electrons. The van der Waals surface area contributed by atoms with Gasteiger partial charge in [0.15, 0.2) is 11.4 Å². The van der Waals surface area contributed by atoms with Gasteiger partial charge in [-0.15, -0.1) is 0 Å². The normalized spacial score (nSPS) is 12.0. The summed E-state index contributed by atoms with van der Waals surface area (Å²) in [6.45, 7) is 0. The van der Waals surface area contributed by atoms with Gasteiger partial charge in [0.2, 0.25) is 5.89 Å². The second-order valence-electron chi connectivity index (χ2n) is 21.3. The first kappa shape index (κ1) is 46.8. The summed E-state index contributed by atoms with van der Waals surface area (Å²) in [5, 5.41) is 8.00. The maximum absolute atomic E-state index is 7.43. The van der Waals surface area contributed by atoms with Crippen LogP contribution < -0.4 is 0 Å². The number of oxazole rings is 1. The van der Waals surface area contributed by atoms with E-state index < -0.39 is 0 Å². The monoisotopic (exact) mass is 1090 g/mol. The van der Waals surface area contributed by atoms with Gasteiger partial charge in [0.25, 0.3) is 0 Å². The Hall–Kier alpha value is -11.9. The number of benzene rings is 8. The SMILES string of the molecule is c1ccc(-c2cc(-c3ccccc3)nc(-c3c(-c4nc5ccccc5o4)c(-n4c5ccccc5c5cnccc54)c(-n4c5ccccc5c5cnccc54)c(-n4c5ccccc5c5cnccc54)c3-n3c4ccccc4c4cnccc43)n2)cc1. The van der Waals surface area contributed by atoms with Crippen molar-refractivity contribution in [3.8, 4) is 68.1 Å². The molecule has 0 bridgehead atoms. The fraction of sp³-hybridized carbons (Fsp3) is 0. The van der Waals surface area contributed by atoms with E-state index in [1.165, 1.54) is 0 Å². The summed E-state index contributed by atoms with van der Waals surface area (Å²) < 4.78 is 17.1. The van der Waals surface area contributed by atoms with E-state index in [0.717, 1.165) is 132 Å². The smallest absolute Gasteiger partial charge is 0.230 e. The maximum Gasteiger partial charge on any atom is 0.230 e. The molecule has 0 saturated carbocycles. The van der Waals surface area contributed by atoms with Crippen molar-refractivity contribution in [2.24, 2.45) is 0 Å². The highest BCUT2D eigenvalue weighted by Crippen LogP contribution is 2.54. The zero-order chi connectivity index (χ0) is 55.7. The van der Waals surface area contributed by atoms with E-state index in [0.29, 0.717) is 33.9 Å². The van der Waals surface area contributed by atoms with Crippen LogP contribution in [0.4, 0.5) is 0 Å². The minimum atomic E-state index is 0.367. The number of hydrogen-bond donors (Lipinski definition) is 0. The van der Waals surface area contributed by atoms with Crippen LogP contribution in [-0.2, 0) is 0 Å². The molecule has 0 fully saturated rings. The molecule has 0 aliphatic carbocycles. The van der Waals surface area contributed by atoms with Gasteiger partial charge in [-0.3, -0.25) is 19.9 Å². The van der Waals surface area contributed by atoms with Crippen molar-refractivity contribution in [2.45, 2.75) is 0 Å². The largest absolute Gasteiger partial charge is 0.436 e. The molecule has 0 N–H and O–H groups in total. The van der Waals surface area contributed by atoms with Crippen LogP contribution in [0.2, 0.25) is 0 Å². The predicted octanol–water partition coefficient (Wildman–Crippen LogP) is 17.3. The zero-order valence-electron chi connectivity index (χ0n) is 45.2. The Morgan fingerprint density at radius 2 is 0.624 bits per heavy atom. The summed E-state index contributed by atoms with van der Waals surface area (Å²) in [7, 11) is 0. The molecule has 10 aromatic heterocycles. The molecule has 85 heavy (non-hydrogen) atoms. The Bertz CT molecular complexity index is 5450. The summed E-state index contributed by atoms with van der Waals surface area (Å²) >= 11 is 0. The molecular formula is C73H43N11O. The molecule has 0 spiro atoms. The predicted molar refractivity (Wildman–Crippen MR) is 340 cm³/mol. The third kappa shape index (κ3) is 6.87. The lowest BCUT2D eigenvalue weighted by Crippen LogP contribution is -2.17. The molecule has 12 nitrogen and oxygen atoms in total. The molecule has 0 amide bonds. The van der Waals surface area contributed by atoms with Gasteiger partial charge in [-0.1, -0.05) is 146 Å². The first-order chi connectivity index (χ1) is 42.2. The molecule has 0 aliphatic rings. The van der Waals surface area contributed by atoms with Crippen molar-refractivity contribution in [2.75, 3.05) is 0 Å². The fourth-order valence-corrected chi connectivity index (χ4v) is 13.3. The third-order valence-corrected chi connectivity index (χ3v) is 16.8. The van der Waals surface area contributed by atoms with Crippen LogP contribution in [0.3, 0.4) is 0 Å². The van der Waals surface area contributed by atoms with Gasteiger partial charge in [-0.05, 0) is 66.7 Å². The number of pyridine rings is 4. The second kappa shape index (κ2) is 18.3. The van der Waals surface area contributed by atoms with Crippen LogP contribution >= 0.6 is 0 Å². The average Bonchev–Trinajstić information content (AvgIpc) is 1.70. The van der Waals surface area contributed by atoms with E-state index in [9.17, 15) is 0 Å². The Labute approximate surface area is 483 Å². The second-order valence-corrected chi connectivity index (χ2v) is 21.3. The lowest BCUT2D eigenvalue weighted by Gasteiger charge is -2.30. The van der Waals surface area contributed by atoms with E-state index in [1.807, 2.05) is 86.0 Å². The van der Waals surface area contributed by atoms with Gasteiger partial charge in [0.05, 0.1) is 89.4 Å². The van der Waals surface area contributed by atoms with Crippen LogP contribution in [0.1, 0.15) is 0 Å².